The number of para-hydroxylation sites is 1. The van der Waals surface area contributed by atoms with E-state index in [0.717, 1.165) is 45.8 Å². The Balaban J connectivity index is 1.44. The molecule has 24 heavy (non-hydrogen) atoms. The van der Waals surface area contributed by atoms with Crippen molar-refractivity contribution >= 4 is 22.5 Å². The summed E-state index contributed by atoms with van der Waals surface area (Å²) in [6.07, 6.45) is 3.65. The fourth-order valence-electron chi connectivity index (χ4n) is 2.54. The topological polar surface area (TPSA) is 31.4 Å². The quantitative estimate of drug-likeness (QED) is 0.536. The highest BCUT2D eigenvalue weighted by atomic mass is 35.5. The number of halogens is 1. The first-order valence-corrected chi connectivity index (χ1v) is 8.47. The summed E-state index contributed by atoms with van der Waals surface area (Å²) in [6, 6.07) is 15.6. The van der Waals surface area contributed by atoms with Crippen LogP contribution in [0.1, 0.15) is 18.4 Å². The monoisotopic (exact) mass is 341 g/mol. The van der Waals surface area contributed by atoms with Crippen molar-refractivity contribution in [2.75, 3.05) is 13.2 Å². The van der Waals surface area contributed by atoms with Crippen molar-refractivity contribution in [3.8, 4) is 11.5 Å². The van der Waals surface area contributed by atoms with Crippen LogP contribution in [0, 0.1) is 6.92 Å². The Morgan fingerprint density at radius 3 is 2.46 bits per heavy atom. The number of hydrogen-bond donors (Lipinski definition) is 0. The predicted molar refractivity (Wildman–Crippen MR) is 98.2 cm³/mol. The second-order valence-corrected chi connectivity index (χ2v) is 6.08. The van der Waals surface area contributed by atoms with Gasteiger partial charge in [0.15, 0.2) is 0 Å². The third-order valence-corrected chi connectivity index (χ3v) is 4.02. The molecule has 0 aliphatic rings. The van der Waals surface area contributed by atoms with E-state index >= 15 is 0 Å². The minimum absolute atomic E-state index is 0.651. The van der Waals surface area contributed by atoms with Gasteiger partial charge in [0, 0.05) is 16.6 Å². The lowest BCUT2D eigenvalue weighted by molar-refractivity contribution is 0.267. The highest BCUT2D eigenvalue weighted by Crippen LogP contribution is 2.24. The lowest BCUT2D eigenvalue weighted by Gasteiger charge is -2.10. The van der Waals surface area contributed by atoms with Crippen LogP contribution >= 0.6 is 11.6 Å². The second-order valence-electron chi connectivity index (χ2n) is 5.65. The zero-order valence-electron chi connectivity index (χ0n) is 13.7. The Labute approximate surface area is 147 Å². The Morgan fingerprint density at radius 2 is 1.67 bits per heavy atom. The molecule has 0 aliphatic carbocycles. The van der Waals surface area contributed by atoms with E-state index in [0.29, 0.717) is 13.2 Å². The smallest absolute Gasteiger partial charge is 0.145 e. The van der Waals surface area contributed by atoms with Crippen LogP contribution in [-0.2, 0) is 0 Å². The second kappa shape index (κ2) is 8.02. The van der Waals surface area contributed by atoms with Gasteiger partial charge in [-0.15, -0.1) is 0 Å². The summed E-state index contributed by atoms with van der Waals surface area (Å²) in [5.74, 6) is 1.72. The molecule has 124 valence electrons. The van der Waals surface area contributed by atoms with Crippen LogP contribution in [0.25, 0.3) is 10.9 Å². The first-order chi connectivity index (χ1) is 11.7. The molecule has 3 nitrogen and oxygen atoms in total. The summed E-state index contributed by atoms with van der Waals surface area (Å²) >= 11 is 5.94. The molecule has 0 N–H and O–H groups in total. The number of aryl methyl sites for hydroxylation is 1. The maximum absolute atomic E-state index is 5.94. The number of pyridine rings is 1. The molecule has 0 amide bonds. The minimum Gasteiger partial charge on any atom is -0.493 e. The summed E-state index contributed by atoms with van der Waals surface area (Å²) < 4.78 is 11.7. The maximum Gasteiger partial charge on any atom is 0.145 e. The summed E-state index contributed by atoms with van der Waals surface area (Å²) in [5.41, 5.74) is 1.97. The number of ether oxygens (including phenoxy) is 2. The highest BCUT2D eigenvalue weighted by Gasteiger charge is 2.03. The Kier molecular flexibility index (Phi) is 5.55. The molecular weight excluding hydrogens is 322 g/mol. The van der Waals surface area contributed by atoms with Gasteiger partial charge in [-0.1, -0.05) is 29.8 Å². The fourth-order valence-corrected chi connectivity index (χ4v) is 2.76. The van der Waals surface area contributed by atoms with E-state index in [2.05, 4.69) is 4.98 Å². The highest BCUT2D eigenvalue weighted by molar-refractivity contribution is 6.30. The van der Waals surface area contributed by atoms with Gasteiger partial charge in [0.05, 0.1) is 13.2 Å². The van der Waals surface area contributed by atoms with E-state index in [9.17, 15) is 0 Å². The van der Waals surface area contributed by atoms with E-state index in [1.54, 1.807) is 6.20 Å². The van der Waals surface area contributed by atoms with Gasteiger partial charge in [0.1, 0.15) is 17.0 Å². The number of fused-ring (bicyclic) bond motifs is 1. The van der Waals surface area contributed by atoms with Crippen molar-refractivity contribution in [1.29, 1.82) is 0 Å². The van der Waals surface area contributed by atoms with E-state index in [4.69, 9.17) is 21.1 Å². The van der Waals surface area contributed by atoms with E-state index in [-0.39, 0.29) is 0 Å². The average Bonchev–Trinajstić information content (AvgIpc) is 2.59. The SMILES string of the molecule is Cc1cc(Cl)ccc1OCCCCOc1cccc2cccnc12. The molecule has 3 aromatic rings. The maximum atomic E-state index is 5.94. The van der Waals surface area contributed by atoms with Crippen LogP contribution < -0.4 is 9.47 Å². The van der Waals surface area contributed by atoms with Crippen molar-refractivity contribution in [2.45, 2.75) is 19.8 Å². The van der Waals surface area contributed by atoms with Gasteiger partial charge in [0.25, 0.3) is 0 Å². The summed E-state index contributed by atoms with van der Waals surface area (Å²) in [7, 11) is 0. The predicted octanol–water partition coefficient (Wildman–Crippen LogP) is 5.43. The number of rotatable bonds is 7. The number of benzene rings is 2. The summed E-state index contributed by atoms with van der Waals surface area (Å²) in [5, 5.41) is 1.83. The molecular formula is C20H20ClNO2. The zero-order valence-corrected chi connectivity index (χ0v) is 14.4. The van der Waals surface area contributed by atoms with Crippen LogP contribution in [0.15, 0.2) is 54.7 Å². The van der Waals surface area contributed by atoms with Gasteiger partial charge in [-0.2, -0.15) is 0 Å². The number of unbranched alkanes of at least 4 members (excludes halogenated alkanes) is 1. The molecule has 0 bridgehead atoms. The van der Waals surface area contributed by atoms with Gasteiger partial charge >= 0.3 is 0 Å². The van der Waals surface area contributed by atoms with Gasteiger partial charge in [-0.05, 0) is 55.7 Å². The first kappa shape index (κ1) is 16.6. The Morgan fingerprint density at radius 1 is 0.917 bits per heavy atom. The van der Waals surface area contributed by atoms with Crippen molar-refractivity contribution in [2.24, 2.45) is 0 Å². The molecule has 4 heteroatoms. The van der Waals surface area contributed by atoms with Crippen molar-refractivity contribution in [3.63, 3.8) is 0 Å². The molecule has 2 aromatic carbocycles. The van der Waals surface area contributed by atoms with E-state index in [1.165, 1.54) is 0 Å². The fraction of sp³-hybridized carbons (Fsp3) is 0.250. The molecule has 0 fully saturated rings. The number of hydrogen-bond acceptors (Lipinski definition) is 3. The van der Waals surface area contributed by atoms with Gasteiger partial charge < -0.3 is 9.47 Å². The van der Waals surface area contributed by atoms with Crippen molar-refractivity contribution < 1.29 is 9.47 Å². The lowest BCUT2D eigenvalue weighted by Crippen LogP contribution is -2.03. The number of aromatic nitrogens is 1. The zero-order chi connectivity index (χ0) is 16.8. The van der Waals surface area contributed by atoms with Crippen molar-refractivity contribution in [3.05, 3.63) is 65.3 Å². The summed E-state index contributed by atoms with van der Waals surface area (Å²) in [4.78, 5) is 4.39. The summed E-state index contributed by atoms with van der Waals surface area (Å²) in [6.45, 7) is 3.32. The normalized spacial score (nSPS) is 10.8. The molecule has 0 radical (unpaired) electrons. The molecule has 0 saturated heterocycles. The molecule has 3 rings (SSSR count). The van der Waals surface area contributed by atoms with E-state index in [1.807, 2.05) is 55.5 Å². The van der Waals surface area contributed by atoms with Gasteiger partial charge in [0.2, 0.25) is 0 Å². The molecule has 0 unspecified atom stereocenters. The van der Waals surface area contributed by atoms with Crippen LogP contribution in [0.2, 0.25) is 5.02 Å². The third-order valence-electron chi connectivity index (χ3n) is 3.79. The molecule has 0 spiro atoms. The van der Waals surface area contributed by atoms with Crippen molar-refractivity contribution in [1.82, 2.24) is 4.98 Å². The third kappa shape index (κ3) is 4.18. The average molecular weight is 342 g/mol. The van der Waals surface area contributed by atoms with Crippen LogP contribution in [-0.4, -0.2) is 18.2 Å². The molecule has 1 heterocycles. The minimum atomic E-state index is 0.651. The Bertz CT molecular complexity index is 814. The lowest BCUT2D eigenvalue weighted by atomic mass is 10.2. The van der Waals surface area contributed by atoms with Gasteiger partial charge in [-0.3, -0.25) is 4.98 Å². The van der Waals surface area contributed by atoms with E-state index < -0.39 is 0 Å². The molecule has 1 aromatic heterocycles. The Hall–Kier alpha value is -2.26. The largest absolute Gasteiger partial charge is 0.493 e. The molecule has 0 atom stereocenters. The standard InChI is InChI=1S/C20H20ClNO2/c1-15-14-17(21)9-10-18(15)23-12-2-3-13-24-19-8-4-6-16-7-5-11-22-20(16)19/h4-11,14H,2-3,12-13H2,1H3. The molecule has 0 saturated carbocycles. The first-order valence-electron chi connectivity index (χ1n) is 8.09. The van der Waals surface area contributed by atoms with Crippen LogP contribution in [0.5, 0.6) is 11.5 Å². The van der Waals surface area contributed by atoms with Crippen LogP contribution in [0.3, 0.4) is 0 Å². The van der Waals surface area contributed by atoms with Gasteiger partial charge in [-0.25, -0.2) is 0 Å². The number of nitrogens with zero attached hydrogens (tertiary/aromatic N) is 1. The van der Waals surface area contributed by atoms with Crippen LogP contribution in [0.4, 0.5) is 0 Å². The molecule has 0 aliphatic heterocycles.